The zero-order chi connectivity index (χ0) is 25.3. The molecule has 8 heteroatoms. The van der Waals surface area contributed by atoms with Crippen molar-refractivity contribution in [2.75, 3.05) is 7.11 Å². The van der Waals surface area contributed by atoms with Gasteiger partial charge in [0, 0.05) is 25.1 Å². The molecule has 0 saturated heterocycles. The smallest absolute Gasteiger partial charge is 0.328 e. The van der Waals surface area contributed by atoms with E-state index in [0.29, 0.717) is 5.92 Å². The van der Waals surface area contributed by atoms with Crippen molar-refractivity contribution in [2.24, 2.45) is 5.92 Å². The van der Waals surface area contributed by atoms with E-state index in [1.54, 1.807) is 0 Å². The van der Waals surface area contributed by atoms with Gasteiger partial charge in [-0.1, -0.05) is 50.6 Å². The fourth-order valence-electron chi connectivity index (χ4n) is 3.57. The molecular weight excluding hydrogens is 436 g/mol. The standard InChI is InChI=1S/C26H34N2O6/c1-16(2)12-13-21(20-10-8-7-9-11-20)18(4)33-26(31)17(3)28-25(30)23-24(34-19(5)29)22(32-6)14-15-27-23/h7-11,14-18,21H,12-13H2,1-6H3,(H,28,30)/t17-,18-,21-/m0/s1. The average Bonchev–Trinajstić information content (AvgIpc) is 2.79. The van der Waals surface area contributed by atoms with Crippen LogP contribution in [-0.2, 0) is 14.3 Å². The molecule has 8 nitrogen and oxygen atoms in total. The molecule has 1 aromatic carbocycles. The van der Waals surface area contributed by atoms with Crippen molar-refractivity contribution in [3.63, 3.8) is 0 Å². The molecule has 0 aliphatic carbocycles. The predicted molar refractivity (Wildman–Crippen MR) is 128 cm³/mol. The molecule has 0 saturated carbocycles. The van der Waals surface area contributed by atoms with Gasteiger partial charge in [0.05, 0.1) is 7.11 Å². The summed E-state index contributed by atoms with van der Waals surface area (Å²) in [6.07, 6.45) is 2.83. The van der Waals surface area contributed by atoms with Crippen molar-refractivity contribution in [3.05, 3.63) is 53.9 Å². The first-order valence-electron chi connectivity index (χ1n) is 11.4. The summed E-state index contributed by atoms with van der Waals surface area (Å²) in [4.78, 5) is 41.1. The molecule has 34 heavy (non-hydrogen) atoms. The molecule has 1 amide bonds. The predicted octanol–water partition coefficient (Wildman–Crippen LogP) is 4.29. The van der Waals surface area contributed by atoms with E-state index in [2.05, 4.69) is 24.1 Å². The van der Waals surface area contributed by atoms with Crippen LogP contribution in [0.15, 0.2) is 42.6 Å². The van der Waals surface area contributed by atoms with E-state index >= 15 is 0 Å². The summed E-state index contributed by atoms with van der Waals surface area (Å²) in [6.45, 7) is 8.93. The molecule has 1 N–H and O–H groups in total. The Kier molecular flexibility index (Phi) is 10.0. The zero-order valence-corrected chi connectivity index (χ0v) is 20.7. The number of methoxy groups -OCH3 is 1. The van der Waals surface area contributed by atoms with Gasteiger partial charge in [0.25, 0.3) is 5.91 Å². The summed E-state index contributed by atoms with van der Waals surface area (Å²) in [6, 6.07) is 10.5. The van der Waals surface area contributed by atoms with E-state index in [1.807, 2.05) is 37.3 Å². The van der Waals surface area contributed by atoms with Gasteiger partial charge in [-0.2, -0.15) is 0 Å². The van der Waals surface area contributed by atoms with E-state index in [0.717, 1.165) is 18.4 Å². The molecule has 2 aromatic rings. The highest BCUT2D eigenvalue weighted by Gasteiger charge is 2.28. The Balaban J connectivity index is 2.11. The second-order valence-corrected chi connectivity index (χ2v) is 8.61. The van der Waals surface area contributed by atoms with Gasteiger partial charge >= 0.3 is 11.9 Å². The van der Waals surface area contributed by atoms with Crippen LogP contribution in [0.5, 0.6) is 11.5 Å². The van der Waals surface area contributed by atoms with Crippen molar-refractivity contribution in [1.29, 1.82) is 0 Å². The number of hydrogen-bond acceptors (Lipinski definition) is 7. The van der Waals surface area contributed by atoms with Crippen LogP contribution in [0, 0.1) is 5.92 Å². The molecule has 2 rings (SSSR count). The second kappa shape index (κ2) is 12.7. The normalized spacial score (nSPS) is 13.5. The highest BCUT2D eigenvalue weighted by atomic mass is 16.6. The van der Waals surface area contributed by atoms with Gasteiger partial charge in [0.2, 0.25) is 5.75 Å². The summed E-state index contributed by atoms with van der Waals surface area (Å²) in [5.74, 6) is -1.26. The Morgan fingerprint density at radius 2 is 1.68 bits per heavy atom. The van der Waals surface area contributed by atoms with Crippen LogP contribution in [0.3, 0.4) is 0 Å². The minimum atomic E-state index is -0.949. The number of rotatable bonds is 11. The van der Waals surface area contributed by atoms with E-state index in [1.165, 1.54) is 33.2 Å². The van der Waals surface area contributed by atoms with Gasteiger partial charge in [-0.25, -0.2) is 9.78 Å². The van der Waals surface area contributed by atoms with Crippen LogP contribution in [0.25, 0.3) is 0 Å². The van der Waals surface area contributed by atoms with Crippen LogP contribution in [0.4, 0.5) is 0 Å². The van der Waals surface area contributed by atoms with Crippen molar-refractivity contribution in [2.45, 2.75) is 65.5 Å². The first-order valence-corrected chi connectivity index (χ1v) is 11.4. The number of ether oxygens (including phenoxy) is 3. The third kappa shape index (κ3) is 7.57. The molecule has 3 atom stereocenters. The summed E-state index contributed by atoms with van der Waals surface area (Å²) in [5, 5.41) is 2.57. The molecule has 0 aliphatic rings. The highest BCUT2D eigenvalue weighted by molar-refractivity contribution is 5.98. The number of carbonyl (C=O) groups is 3. The maximum absolute atomic E-state index is 12.8. The number of nitrogens with zero attached hydrogens (tertiary/aromatic N) is 1. The van der Waals surface area contributed by atoms with E-state index in [9.17, 15) is 14.4 Å². The Morgan fingerprint density at radius 1 is 1.00 bits per heavy atom. The van der Waals surface area contributed by atoms with E-state index in [-0.39, 0.29) is 29.2 Å². The van der Waals surface area contributed by atoms with Gasteiger partial charge in [-0.05, 0) is 31.7 Å². The minimum absolute atomic E-state index is 0.0334. The van der Waals surface area contributed by atoms with Crippen LogP contribution >= 0.6 is 0 Å². The van der Waals surface area contributed by atoms with Crippen LogP contribution in [-0.4, -0.2) is 42.1 Å². The molecule has 0 aliphatic heterocycles. The number of esters is 2. The second-order valence-electron chi connectivity index (χ2n) is 8.61. The Hall–Kier alpha value is -3.42. The zero-order valence-electron chi connectivity index (χ0n) is 20.7. The van der Waals surface area contributed by atoms with Gasteiger partial charge in [0.1, 0.15) is 12.1 Å². The Labute approximate surface area is 201 Å². The lowest BCUT2D eigenvalue weighted by Gasteiger charge is -2.26. The largest absolute Gasteiger partial charge is 0.493 e. The summed E-state index contributed by atoms with van der Waals surface area (Å²) in [7, 11) is 1.38. The topological polar surface area (TPSA) is 104 Å². The molecule has 1 heterocycles. The number of carbonyl (C=O) groups excluding carboxylic acids is 3. The maximum Gasteiger partial charge on any atom is 0.328 e. The SMILES string of the molecule is COc1ccnc(C(=O)N[C@@H](C)C(=O)O[C@@H](C)[C@H](CCC(C)C)c2ccccc2)c1OC(C)=O. The van der Waals surface area contributed by atoms with Crippen LogP contribution in [0.1, 0.15) is 69.4 Å². The first kappa shape index (κ1) is 26.8. The Bertz CT molecular complexity index is 977. The highest BCUT2D eigenvalue weighted by Crippen LogP contribution is 2.30. The number of nitrogens with one attached hydrogen (secondary N) is 1. The summed E-state index contributed by atoms with van der Waals surface area (Å²) < 4.78 is 16.0. The first-order chi connectivity index (χ1) is 16.1. The molecular formula is C26H34N2O6. The number of pyridine rings is 1. The fourth-order valence-corrected chi connectivity index (χ4v) is 3.57. The average molecular weight is 471 g/mol. The molecule has 0 fully saturated rings. The molecule has 0 unspecified atom stereocenters. The lowest BCUT2D eigenvalue weighted by molar-refractivity contribution is -0.151. The third-order valence-electron chi connectivity index (χ3n) is 5.40. The number of aromatic nitrogens is 1. The fraction of sp³-hybridized carbons (Fsp3) is 0.462. The number of amides is 1. The molecule has 0 spiro atoms. The quantitative estimate of drug-likeness (QED) is 0.489. The van der Waals surface area contributed by atoms with Gasteiger partial charge < -0.3 is 19.5 Å². The van der Waals surface area contributed by atoms with Crippen molar-refractivity contribution in [1.82, 2.24) is 10.3 Å². The Morgan fingerprint density at radius 3 is 2.26 bits per heavy atom. The van der Waals surface area contributed by atoms with Crippen LogP contribution in [0.2, 0.25) is 0 Å². The third-order valence-corrected chi connectivity index (χ3v) is 5.40. The van der Waals surface area contributed by atoms with Gasteiger partial charge in [-0.3, -0.25) is 9.59 Å². The molecule has 184 valence electrons. The molecule has 0 bridgehead atoms. The monoisotopic (exact) mass is 470 g/mol. The lowest BCUT2D eigenvalue weighted by atomic mass is 9.87. The number of hydrogen-bond donors (Lipinski definition) is 1. The van der Waals surface area contributed by atoms with Gasteiger partial charge in [0.15, 0.2) is 11.4 Å². The molecule has 0 radical (unpaired) electrons. The number of benzene rings is 1. The van der Waals surface area contributed by atoms with Crippen LogP contribution < -0.4 is 14.8 Å². The summed E-state index contributed by atoms with van der Waals surface area (Å²) >= 11 is 0. The van der Waals surface area contributed by atoms with Gasteiger partial charge in [-0.15, -0.1) is 0 Å². The van der Waals surface area contributed by atoms with Crippen molar-refractivity contribution < 1.29 is 28.6 Å². The minimum Gasteiger partial charge on any atom is -0.493 e. The summed E-state index contributed by atoms with van der Waals surface area (Å²) in [5.41, 5.74) is 0.938. The van der Waals surface area contributed by atoms with E-state index < -0.39 is 23.9 Å². The molecule has 1 aromatic heterocycles. The lowest BCUT2D eigenvalue weighted by Crippen LogP contribution is -2.41. The maximum atomic E-state index is 12.8. The van der Waals surface area contributed by atoms with Crippen molar-refractivity contribution in [3.8, 4) is 11.5 Å². The van der Waals surface area contributed by atoms with E-state index in [4.69, 9.17) is 14.2 Å². The van der Waals surface area contributed by atoms with Crippen molar-refractivity contribution >= 4 is 17.8 Å².